The van der Waals surface area contributed by atoms with Crippen LogP contribution in [0.25, 0.3) is 5.57 Å². The molecule has 4 rings (SSSR count). The number of nitrogens with zero attached hydrogens (tertiary/aromatic N) is 1. The first-order chi connectivity index (χ1) is 13.9. The smallest absolute Gasteiger partial charge is 0.282 e. The molecule has 0 bridgehead atoms. The van der Waals surface area contributed by atoms with Crippen molar-refractivity contribution in [2.24, 2.45) is 0 Å². The minimum atomic E-state index is -0.596. The van der Waals surface area contributed by atoms with Crippen LogP contribution in [0, 0.1) is 11.6 Å². The zero-order valence-electron chi connectivity index (χ0n) is 14.8. The van der Waals surface area contributed by atoms with Crippen LogP contribution in [0.1, 0.15) is 5.56 Å². The van der Waals surface area contributed by atoms with Crippen molar-refractivity contribution < 1.29 is 18.4 Å². The summed E-state index contributed by atoms with van der Waals surface area (Å²) in [6.45, 7) is 0. The van der Waals surface area contributed by atoms with Gasteiger partial charge in [0.2, 0.25) is 0 Å². The normalized spacial score (nSPS) is 14.0. The maximum Gasteiger partial charge on any atom is 0.282 e. The summed E-state index contributed by atoms with van der Waals surface area (Å²) in [5.41, 5.74) is 1.20. The fraction of sp³-hybridized carbons (Fsp3) is 0. The van der Waals surface area contributed by atoms with Crippen molar-refractivity contribution in [1.82, 2.24) is 0 Å². The molecule has 1 N–H and O–H groups in total. The number of hydrogen-bond acceptors (Lipinski definition) is 3. The van der Waals surface area contributed by atoms with E-state index in [1.807, 2.05) is 0 Å². The minimum Gasteiger partial charge on any atom is -0.350 e. The highest BCUT2D eigenvalue weighted by atomic mass is 35.5. The fourth-order valence-corrected chi connectivity index (χ4v) is 3.24. The van der Waals surface area contributed by atoms with Crippen LogP contribution < -0.4 is 10.2 Å². The molecule has 0 spiro atoms. The van der Waals surface area contributed by atoms with Gasteiger partial charge in [-0.1, -0.05) is 29.8 Å². The number of amides is 2. The Hall–Kier alpha value is -3.51. The van der Waals surface area contributed by atoms with Crippen molar-refractivity contribution in [3.05, 3.63) is 101 Å². The summed E-state index contributed by atoms with van der Waals surface area (Å²) in [7, 11) is 0. The van der Waals surface area contributed by atoms with E-state index in [2.05, 4.69) is 5.32 Å². The number of imide groups is 1. The molecule has 1 aliphatic heterocycles. The molecule has 3 aromatic rings. The monoisotopic (exact) mass is 410 g/mol. The summed E-state index contributed by atoms with van der Waals surface area (Å²) in [5, 5.41) is 3.27. The van der Waals surface area contributed by atoms with Crippen molar-refractivity contribution in [2.75, 3.05) is 10.2 Å². The Morgan fingerprint density at radius 2 is 1.41 bits per heavy atom. The number of halogens is 3. The van der Waals surface area contributed by atoms with Crippen LogP contribution in [0.2, 0.25) is 5.02 Å². The Kier molecular flexibility index (Phi) is 4.86. The quantitative estimate of drug-likeness (QED) is 0.615. The summed E-state index contributed by atoms with van der Waals surface area (Å²) < 4.78 is 26.6. The van der Waals surface area contributed by atoms with Crippen molar-refractivity contribution in [2.45, 2.75) is 0 Å². The van der Waals surface area contributed by atoms with Gasteiger partial charge in [-0.05, 0) is 60.2 Å². The highest BCUT2D eigenvalue weighted by Crippen LogP contribution is 2.34. The molecule has 0 saturated heterocycles. The van der Waals surface area contributed by atoms with Gasteiger partial charge in [0.05, 0.1) is 11.3 Å². The Morgan fingerprint density at radius 1 is 0.793 bits per heavy atom. The zero-order chi connectivity index (χ0) is 20.5. The molecule has 0 aromatic heterocycles. The molecule has 0 fully saturated rings. The van der Waals surface area contributed by atoms with E-state index in [-0.39, 0.29) is 11.3 Å². The summed E-state index contributed by atoms with van der Waals surface area (Å²) in [6.07, 6.45) is 0. The second kappa shape index (κ2) is 7.48. The van der Waals surface area contributed by atoms with Gasteiger partial charge in [-0.15, -0.1) is 0 Å². The number of carbonyl (C=O) groups excluding carboxylic acids is 2. The van der Waals surface area contributed by atoms with Gasteiger partial charge in [-0.25, -0.2) is 13.7 Å². The van der Waals surface area contributed by atoms with Crippen LogP contribution in [0.15, 0.2) is 78.5 Å². The maximum atomic E-state index is 13.4. The lowest BCUT2D eigenvalue weighted by molar-refractivity contribution is -0.120. The van der Waals surface area contributed by atoms with E-state index in [4.69, 9.17) is 11.6 Å². The third kappa shape index (κ3) is 3.62. The number of anilines is 2. The molecular weight excluding hydrogens is 398 g/mol. The molecule has 0 atom stereocenters. The largest absolute Gasteiger partial charge is 0.350 e. The van der Waals surface area contributed by atoms with Crippen molar-refractivity contribution in [3.8, 4) is 0 Å². The van der Waals surface area contributed by atoms with Crippen LogP contribution in [0.4, 0.5) is 20.2 Å². The number of nitrogens with one attached hydrogen (secondary N) is 1. The van der Waals surface area contributed by atoms with Crippen molar-refractivity contribution in [3.63, 3.8) is 0 Å². The van der Waals surface area contributed by atoms with Gasteiger partial charge >= 0.3 is 0 Å². The molecule has 29 heavy (non-hydrogen) atoms. The number of rotatable bonds is 4. The fourth-order valence-electron chi connectivity index (χ4n) is 3.06. The topological polar surface area (TPSA) is 49.4 Å². The van der Waals surface area contributed by atoms with Gasteiger partial charge in [0.1, 0.15) is 17.3 Å². The molecule has 1 heterocycles. The van der Waals surface area contributed by atoms with E-state index in [9.17, 15) is 18.4 Å². The summed E-state index contributed by atoms with van der Waals surface area (Å²) in [6, 6.07) is 17.0. The van der Waals surface area contributed by atoms with E-state index in [1.54, 1.807) is 18.2 Å². The van der Waals surface area contributed by atoms with Crippen LogP contribution in [-0.4, -0.2) is 11.8 Å². The van der Waals surface area contributed by atoms with Gasteiger partial charge in [-0.2, -0.15) is 0 Å². The third-order valence-electron chi connectivity index (χ3n) is 4.40. The Bertz CT molecular complexity index is 1140. The molecule has 7 heteroatoms. The van der Waals surface area contributed by atoms with Crippen molar-refractivity contribution in [1.29, 1.82) is 0 Å². The van der Waals surface area contributed by atoms with Gasteiger partial charge < -0.3 is 5.32 Å². The van der Waals surface area contributed by atoms with Crippen LogP contribution in [-0.2, 0) is 9.59 Å². The molecule has 1 aliphatic rings. The molecule has 4 nitrogen and oxygen atoms in total. The molecule has 144 valence electrons. The molecule has 2 amide bonds. The van der Waals surface area contributed by atoms with Gasteiger partial charge in [0, 0.05) is 10.7 Å². The number of benzene rings is 3. The molecule has 0 radical (unpaired) electrons. The lowest BCUT2D eigenvalue weighted by Crippen LogP contribution is -2.32. The lowest BCUT2D eigenvalue weighted by Gasteiger charge is -2.15. The van der Waals surface area contributed by atoms with Gasteiger partial charge in [0.15, 0.2) is 0 Å². The Balaban J connectivity index is 1.82. The molecule has 0 saturated carbocycles. The lowest BCUT2D eigenvalue weighted by atomic mass is 10.0. The number of carbonyl (C=O) groups is 2. The summed E-state index contributed by atoms with van der Waals surface area (Å²) in [5.74, 6) is -2.07. The van der Waals surface area contributed by atoms with Gasteiger partial charge in [0.25, 0.3) is 11.8 Å². The second-order valence-corrected chi connectivity index (χ2v) is 6.75. The maximum absolute atomic E-state index is 13.4. The Morgan fingerprint density at radius 3 is 2.03 bits per heavy atom. The SMILES string of the molecule is O=C1C(Nc2ccc(F)cc2)=C(c2ccc(F)cc2)C(=O)N1c1cccc(Cl)c1. The average molecular weight is 411 g/mol. The Labute approximate surface area is 170 Å². The zero-order valence-corrected chi connectivity index (χ0v) is 15.6. The first kappa shape index (κ1) is 18.8. The standard InChI is InChI=1S/C22H13ClF2N2O2/c23-14-2-1-3-18(12-14)27-21(28)19(13-4-6-15(24)7-5-13)20(22(27)29)26-17-10-8-16(25)9-11-17/h1-12,26H. The van der Waals surface area contributed by atoms with Crippen LogP contribution in [0.3, 0.4) is 0 Å². The first-order valence-corrected chi connectivity index (χ1v) is 8.99. The van der Waals surface area contributed by atoms with E-state index < -0.39 is 23.4 Å². The first-order valence-electron chi connectivity index (χ1n) is 8.61. The molecular formula is C22H13ClF2N2O2. The predicted molar refractivity (Wildman–Crippen MR) is 107 cm³/mol. The average Bonchev–Trinajstić information content (AvgIpc) is 2.94. The molecule has 0 unspecified atom stereocenters. The highest BCUT2D eigenvalue weighted by Gasteiger charge is 2.40. The van der Waals surface area contributed by atoms with E-state index in [0.717, 1.165) is 4.90 Å². The predicted octanol–water partition coefficient (Wildman–Crippen LogP) is 5.01. The second-order valence-electron chi connectivity index (χ2n) is 6.31. The van der Waals surface area contributed by atoms with Crippen molar-refractivity contribution >= 4 is 40.4 Å². The molecule has 3 aromatic carbocycles. The molecule has 0 aliphatic carbocycles. The minimum absolute atomic E-state index is 0.00759. The van der Waals surface area contributed by atoms with E-state index in [1.165, 1.54) is 54.6 Å². The van der Waals surface area contributed by atoms with Gasteiger partial charge in [-0.3, -0.25) is 9.59 Å². The van der Waals surface area contributed by atoms with E-state index >= 15 is 0 Å². The van der Waals surface area contributed by atoms with Crippen LogP contribution >= 0.6 is 11.6 Å². The third-order valence-corrected chi connectivity index (χ3v) is 4.63. The van der Waals surface area contributed by atoms with Crippen LogP contribution in [0.5, 0.6) is 0 Å². The summed E-state index contributed by atoms with van der Waals surface area (Å²) in [4.78, 5) is 27.3. The number of hydrogen-bond donors (Lipinski definition) is 1. The highest BCUT2D eigenvalue weighted by molar-refractivity contribution is 6.46. The van der Waals surface area contributed by atoms with E-state index in [0.29, 0.717) is 22.0 Å². The summed E-state index contributed by atoms with van der Waals surface area (Å²) >= 11 is 6.01.